The molecule has 2 aromatic carbocycles. The number of thioether (sulfide) groups is 1. The Morgan fingerprint density at radius 3 is 2.53 bits per heavy atom. The fourth-order valence-corrected chi connectivity index (χ4v) is 4.67. The molecule has 0 atom stereocenters. The Hall–Kier alpha value is -1.80. The number of benzene rings is 2. The quantitative estimate of drug-likeness (QED) is 0.411. The second kappa shape index (κ2) is 11.6. The fourth-order valence-electron chi connectivity index (χ4n) is 2.79. The zero-order chi connectivity index (χ0) is 20.8. The van der Waals surface area contributed by atoms with Crippen LogP contribution in [0, 0.1) is 6.92 Å². The van der Waals surface area contributed by atoms with Crippen LogP contribution in [0.5, 0.6) is 5.75 Å². The Morgan fingerprint density at radius 2 is 1.87 bits per heavy atom. The lowest BCUT2D eigenvalue weighted by atomic mass is 10.2. The van der Waals surface area contributed by atoms with E-state index >= 15 is 0 Å². The molecule has 1 heterocycles. The third-order valence-corrected chi connectivity index (χ3v) is 6.55. The van der Waals surface area contributed by atoms with Gasteiger partial charge in [-0.3, -0.25) is 9.69 Å². The Labute approximate surface area is 192 Å². The van der Waals surface area contributed by atoms with Crippen molar-refractivity contribution in [3.8, 4) is 5.75 Å². The van der Waals surface area contributed by atoms with Gasteiger partial charge in [0.1, 0.15) is 5.75 Å². The molecule has 0 radical (unpaired) electrons. The minimum Gasteiger partial charge on any atom is -0.497 e. The number of amides is 1. The van der Waals surface area contributed by atoms with Gasteiger partial charge in [-0.15, -0.1) is 24.2 Å². The molecule has 0 aliphatic carbocycles. The van der Waals surface area contributed by atoms with Crippen LogP contribution in [0.25, 0.3) is 10.2 Å². The van der Waals surface area contributed by atoms with Gasteiger partial charge < -0.3 is 9.64 Å². The molecule has 0 fully saturated rings. The summed E-state index contributed by atoms with van der Waals surface area (Å²) in [5.74, 6) is 1.66. The van der Waals surface area contributed by atoms with E-state index in [2.05, 4.69) is 36.1 Å². The van der Waals surface area contributed by atoms with Crippen molar-refractivity contribution in [1.29, 1.82) is 0 Å². The first-order valence-electron chi connectivity index (χ1n) is 9.55. The van der Waals surface area contributed by atoms with Crippen molar-refractivity contribution < 1.29 is 9.53 Å². The SMILES string of the molecule is COc1ccc2nc(N(CCN(C)C)C(=O)CCSc3ccc(C)cc3)sc2c1.Cl. The van der Waals surface area contributed by atoms with Crippen LogP contribution < -0.4 is 9.64 Å². The van der Waals surface area contributed by atoms with Crippen LogP contribution in [0.1, 0.15) is 12.0 Å². The summed E-state index contributed by atoms with van der Waals surface area (Å²) < 4.78 is 6.33. The van der Waals surface area contributed by atoms with Crippen molar-refractivity contribution in [3.05, 3.63) is 48.0 Å². The number of aromatic nitrogens is 1. The summed E-state index contributed by atoms with van der Waals surface area (Å²) in [4.78, 5) is 22.8. The number of fused-ring (bicyclic) bond motifs is 1. The molecule has 30 heavy (non-hydrogen) atoms. The molecule has 8 heteroatoms. The van der Waals surface area contributed by atoms with Gasteiger partial charge in [-0.25, -0.2) is 4.98 Å². The van der Waals surface area contributed by atoms with Gasteiger partial charge in [0.15, 0.2) is 5.13 Å². The van der Waals surface area contributed by atoms with Gasteiger partial charge in [0, 0.05) is 30.2 Å². The van der Waals surface area contributed by atoms with Gasteiger partial charge >= 0.3 is 0 Å². The maximum Gasteiger partial charge on any atom is 0.229 e. The smallest absolute Gasteiger partial charge is 0.229 e. The first-order valence-corrected chi connectivity index (χ1v) is 11.4. The van der Waals surface area contributed by atoms with E-state index in [1.807, 2.05) is 37.2 Å². The van der Waals surface area contributed by atoms with Crippen LogP contribution in [-0.4, -0.2) is 55.8 Å². The molecule has 0 spiro atoms. The van der Waals surface area contributed by atoms with E-state index in [9.17, 15) is 4.79 Å². The number of likely N-dealkylation sites (N-methyl/N-ethyl adjacent to an activating group) is 1. The van der Waals surface area contributed by atoms with Gasteiger partial charge in [-0.2, -0.15) is 0 Å². The van der Waals surface area contributed by atoms with Crippen LogP contribution in [0.3, 0.4) is 0 Å². The van der Waals surface area contributed by atoms with Crippen LogP contribution in [0.15, 0.2) is 47.4 Å². The zero-order valence-electron chi connectivity index (χ0n) is 17.8. The highest BCUT2D eigenvalue weighted by Gasteiger charge is 2.20. The summed E-state index contributed by atoms with van der Waals surface area (Å²) in [6.45, 7) is 3.49. The molecule has 0 saturated heterocycles. The predicted octanol–water partition coefficient (Wildman–Crippen LogP) is 5.11. The van der Waals surface area contributed by atoms with Crippen molar-refractivity contribution in [3.63, 3.8) is 0 Å². The third kappa shape index (κ3) is 6.60. The summed E-state index contributed by atoms with van der Waals surface area (Å²) in [5.41, 5.74) is 2.13. The number of carbonyl (C=O) groups excluding carboxylic acids is 1. The highest BCUT2D eigenvalue weighted by molar-refractivity contribution is 7.99. The molecular weight excluding hydrogens is 438 g/mol. The lowest BCUT2D eigenvalue weighted by molar-refractivity contribution is -0.118. The highest BCUT2D eigenvalue weighted by Crippen LogP contribution is 2.32. The average molecular weight is 466 g/mol. The second-order valence-electron chi connectivity index (χ2n) is 7.09. The number of ether oxygens (including phenoxy) is 1. The van der Waals surface area contributed by atoms with E-state index < -0.39 is 0 Å². The van der Waals surface area contributed by atoms with Crippen LogP contribution >= 0.6 is 35.5 Å². The van der Waals surface area contributed by atoms with Crippen LogP contribution in [0.4, 0.5) is 5.13 Å². The van der Waals surface area contributed by atoms with Gasteiger partial charge in [0.2, 0.25) is 5.91 Å². The van der Waals surface area contributed by atoms with Gasteiger partial charge in [0.25, 0.3) is 0 Å². The van der Waals surface area contributed by atoms with Crippen molar-refractivity contribution >= 4 is 56.8 Å². The number of rotatable bonds is 9. The summed E-state index contributed by atoms with van der Waals surface area (Å²) in [6.07, 6.45) is 0.477. The van der Waals surface area contributed by atoms with E-state index in [0.717, 1.165) is 33.4 Å². The van der Waals surface area contributed by atoms with E-state index in [0.29, 0.717) is 13.0 Å². The maximum absolute atomic E-state index is 13.0. The monoisotopic (exact) mass is 465 g/mol. The number of anilines is 1. The molecule has 3 aromatic rings. The average Bonchev–Trinajstić information content (AvgIpc) is 3.12. The topological polar surface area (TPSA) is 45.7 Å². The second-order valence-corrected chi connectivity index (χ2v) is 9.27. The number of hydrogen-bond donors (Lipinski definition) is 0. The Bertz CT molecular complexity index is 961. The van der Waals surface area contributed by atoms with E-state index in [1.165, 1.54) is 21.8 Å². The van der Waals surface area contributed by atoms with Crippen molar-refractivity contribution in [2.24, 2.45) is 0 Å². The molecule has 1 amide bonds. The fraction of sp³-hybridized carbons (Fsp3) is 0.364. The molecule has 0 aliphatic rings. The van der Waals surface area contributed by atoms with Gasteiger partial charge in [0.05, 0.1) is 17.3 Å². The van der Waals surface area contributed by atoms with Gasteiger partial charge in [-0.05, 0) is 51.4 Å². The molecule has 0 saturated carbocycles. The molecule has 5 nitrogen and oxygen atoms in total. The predicted molar refractivity (Wildman–Crippen MR) is 131 cm³/mol. The highest BCUT2D eigenvalue weighted by atomic mass is 35.5. The molecule has 0 bridgehead atoms. The Kier molecular flexibility index (Phi) is 9.42. The molecule has 0 aliphatic heterocycles. The Balaban J connectivity index is 0.00000320. The number of thiazole rings is 1. The molecular formula is C22H28ClN3O2S2. The number of aryl methyl sites for hydroxylation is 1. The lowest BCUT2D eigenvalue weighted by Gasteiger charge is -2.22. The van der Waals surface area contributed by atoms with Gasteiger partial charge in [-0.1, -0.05) is 29.0 Å². The molecule has 1 aromatic heterocycles. The molecule has 0 unspecified atom stereocenters. The third-order valence-electron chi connectivity index (χ3n) is 4.49. The summed E-state index contributed by atoms with van der Waals surface area (Å²) >= 11 is 3.25. The van der Waals surface area contributed by atoms with E-state index in [4.69, 9.17) is 9.72 Å². The normalized spacial score (nSPS) is 10.8. The van der Waals surface area contributed by atoms with Crippen molar-refractivity contribution in [2.45, 2.75) is 18.2 Å². The molecule has 162 valence electrons. The Morgan fingerprint density at radius 1 is 1.13 bits per heavy atom. The molecule has 0 N–H and O–H groups in total. The summed E-state index contributed by atoms with van der Waals surface area (Å²) in [5, 5.41) is 0.750. The summed E-state index contributed by atoms with van der Waals surface area (Å²) in [6, 6.07) is 14.2. The zero-order valence-corrected chi connectivity index (χ0v) is 20.2. The first-order chi connectivity index (χ1) is 14.0. The van der Waals surface area contributed by atoms with E-state index in [1.54, 1.807) is 18.9 Å². The van der Waals surface area contributed by atoms with Crippen LogP contribution in [-0.2, 0) is 4.79 Å². The number of hydrogen-bond acceptors (Lipinski definition) is 6. The number of nitrogens with zero attached hydrogens (tertiary/aromatic N) is 3. The van der Waals surface area contributed by atoms with Crippen molar-refractivity contribution in [2.75, 3.05) is 44.9 Å². The number of methoxy groups -OCH3 is 1. The standard InChI is InChI=1S/C22H27N3O2S2.ClH/c1-16-5-8-18(9-6-16)28-14-11-21(26)25(13-12-24(2)3)22-23-19-10-7-17(27-4)15-20(19)29-22;/h5-10,15H,11-14H2,1-4H3;1H. The minimum absolute atomic E-state index is 0. The first kappa shape index (κ1) is 24.5. The minimum atomic E-state index is 0. The van der Waals surface area contributed by atoms with Crippen LogP contribution in [0.2, 0.25) is 0 Å². The summed E-state index contributed by atoms with van der Waals surface area (Å²) in [7, 11) is 5.68. The lowest BCUT2D eigenvalue weighted by Crippen LogP contribution is -2.36. The van der Waals surface area contributed by atoms with Crippen molar-refractivity contribution in [1.82, 2.24) is 9.88 Å². The largest absolute Gasteiger partial charge is 0.497 e. The maximum atomic E-state index is 13.0. The number of carbonyl (C=O) groups is 1. The molecule has 3 rings (SSSR count). The van der Waals surface area contributed by atoms with E-state index in [-0.39, 0.29) is 18.3 Å². The number of halogens is 1.